The van der Waals surface area contributed by atoms with E-state index in [4.69, 9.17) is 13.9 Å². The van der Waals surface area contributed by atoms with E-state index in [9.17, 15) is 0 Å². The summed E-state index contributed by atoms with van der Waals surface area (Å²) in [6.45, 7) is 4.96. The quantitative estimate of drug-likeness (QED) is 0.717. The second kappa shape index (κ2) is 7.62. The molecule has 0 unspecified atom stereocenters. The largest absolute Gasteiger partial charge is 0.445 e. The smallest absolute Gasteiger partial charge is 0.218 e. The molecule has 106 valence electrons. The molecule has 0 N–H and O–H groups in total. The lowest BCUT2D eigenvalue weighted by Gasteiger charge is -2.13. The highest BCUT2D eigenvalue weighted by molar-refractivity contribution is 5.65. The van der Waals surface area contributed by atoms with Gasteiger partial charge in [0, 0.05) is 19.3 Å². The molecule has 0 saturated heterocycles. The lowest BCUT2D eigenvalue weighted by molar-refractivity contribution is -0.142. The number of benzene rings is 1. The SMILES string of the molecule is CCOC(OCC)c1coc(/C=C/c2ccccc2)n1. The summed E-state index contributed by atoms with van der Waals surface area (Å²) in [4.78, 5) is 4.36. The fourth-order valence-electron chi connectivity index (χ4n) is 1.74. The second-order valence-electron chi connectivity index (χ2n) is 4.10. The Morgan fingerprint density at radius 3 is 2.45 bits per heavy atom. The molecule has 2 rings (SSSR count). The van der Waals surface area contributed by atoms with Gasteiger partial charge in [-0.1, -0.05) is 30.3 Å². The van der Waals surface area contributed by atoms with Gasteiger partial charge in [-0.05, 0) is 25.5 Å². The predicted octanol–water partition coefficient (Wildman–Crippen LogP) is 3.92. The summed E-state index contributed by atoms with van der Waals surface area (Å²) in [5.41, 5.74) is 1.75. The van der Waals surface area contributed by atoms with E-state index < -0.39 is 6.29 Å². The maximum atomic E-state index is 5.48. The second-order valence-corrected chi connectivity index (χ2v) is 4.10. The third-order valence-corrected chi connectivity index (χ3v) is 2.64. The van der Waals surface area contributed by atoms with Gasteiger partial charge in [0.1, 0.15) is 12.0 Å². The van der Waals surface area contributed by atoms with Crippen LogP contribution in [0.1, 0.15) is 37.3 Å². The first-order valence-corrected chi connectivity index (χ1v) is 6.75. The summed E-state index contributed by atoms with van der Waals surface area (Å²) in [5.74, 6) is 0.535. The highest BCUT2D eigenvalue weighted by Crippen LogP contribution is 2.19. The van der Waals surface area contributed by atoms with Crippen LogP contribution in [0.2, 0.25) is 0 Å². The van der Waals surface area contributed by atoms with E-state index in [1.807, 2.05) is 56.3 Å². The first-order valence-electron chi connectivity index (χ1n) is 6.75. The molecule has 0 saturated carbocycles. The van der Waals surface area contributed by atoms with Crippen LogP contribution >= 0.6 is 0 Å². The molecule has 0 aliphatic carbocycles. The molecule has 0 aliphatic rings. The monoisotopic (exact) mass is 273 g/mol. The summed E-state index contributed by atoms with van der Waals surface area (Å²) in [5, 5.41) is 0. The van der Waals surface area contributed by atoms with E-state index in [2.05, 4.69) is 4.98 Å². The van der Waals surface area contributed by atoms with Crippen molar-refractivity contribution in [3.8, 4) is 0 Å². The highest BCUT2D eigenvalue weighted by Gasteiger charge is 2.15. The molecular formula is C16H19NO3. The molecular weight excluding hydrogens is 254 g/mol. The van der Waals surface area contributed by atoms with Gasteiger partial charge >= 0.3 is 0 Å². The van der Waals surface area contributed by atoms with E-state index in [-0.39, 0.29) is 0 Å². The first-order chi connectivity index (χ1) is 9.83. The zero-order chi connectivity index (χ0) is 14.2. The maximum absolute atomic E-state index is 5.48. The fourth-order valence-corrected chi connectivity index (χ4v) is 1.74. The molecule has 4 nitrogen and oxygen atoms in total. The van der Waals surface area contributed by atoms with Gasteiger partial charge in [-0.2, -0.15) is 0 Å². The number of oxazole rings is 1. The van der Waals surface area contributed by atoms with Crippen molar-refractivity contribution in [3.63, 3.8) is 0 Å². The van der Waals surface area contributed by atoms with Gasteiger partial charge in [0.25, 0.3) is 0 Å². The van der Waals surface area contributed by atoms with E-state index in [0.717, 1.165) is 5.56 Å². The van der Waals surface area contributed by atoms with Gasteiger partial charge in [0.15, 0.2) is 0 Å². The summed E-state index contributed by atoms with van der Waals surface area (Å²) in [6.07, 6.45) is 4.88. The Bertz CT molecular complexity index is 528. The summed E-state index contributed by atoms with van der Waals surface area (Å²) in [7, 11) is 0. The van der Waals surface area contributed by atoms with Crippen LogP contribution < -0.4 is 0 Å². The minimum atomic E-state index is -0.465. The Kier molecular flexibility index (Phi) is 5.53. The average Bonchev–Trinajstić information content (AvgIpc) is 2.95. The van der Waals surface area contributed by atoms with Gasteiger partial charge in [-0.15, -0.1) is 0 Å². The van der Waals surface area contributed by atoms with Gasteiger partial charge < -0.3 is 13.9 Å². The zero-order valence-electron chi connectivity index (χ0n) is 11.8. The van der Waals surface area contributed by atoms with Crippen molar-refractivity contribution in [2.75, 3.05) is 13.2 Å². The third kappa shape index (κ3) is 4.05. The molecule has 0 spiro atoms. The number of rotatable bonds is 7. The molecule has 0 radical (unpaired) electrons. The number of hydrogen-bond acceptors (Lipinski definition) is 4. The summed E-state index contributed by atoms with van der Waals surface area (Å²) in [6, 6.07) is 9.99. The Morgan fingerprint density at radius 1 is 1.10 bits per heavy atom. The van der Waals surface area contributed by atoms with Gasteiger partial charge in [0.2, 0.25) is 12.2 Å². The minimum Gasteiger partial charge on any atom is -0.445 e. The first kappa shape index (κ1) is 14.5. The lowest BCUT2D eigenvalue weighted by atomic mass is 10.2. The molecule has 0 bridgehead atoms. The Morgan fingerprint density at radius 2 is 1.80 bits per heavy atom. The van der Waals surface area contributed by atoms with Crippen LogP contribution in [0.25, 0.3) is 12.2 Å². The van der Waals surface area contributed by atoms with Crippen molar-refractivity contribution >= 4 is 12.2 Å². The Hall–Kier alpha value is -1.91. The molecule has 0 atom stereocenters. The maximum Gasteiger partial charge on any atom is 0.218 e. The summed E-state index contributed by atoms with van der Waals surface area (Å²) >= 11 is 0. The number of nitrogens with zero attached hydrogens (tertiary/aromatic N) is 1. The van der Waals surface area contributed by atoms with Gasteiger partial charge in [-0.3, -0.25) is 0 Å². The van der Waals surface area contributed by atoms with Crippen LogP contribution in [0, 0.1) is 0 Å². The van der Waals surface area contributed by atoms with Crippen molar-refractivity contribution in [1.82, 2.24) is 4.98 Å². The topological polar surface area (TPSA) is 44.5 Å². The molecule has 1 heterocycles. The molecule has 0 fully saturated rings. The van der Waals surface area contributed by atoms with Crippen LogP contribution in [0.3, 0.4) is 0 Å². The lowest BCUT2D eigenvalue weighted by Crippen LogP contribution is -2.09. The Balaban J connectivity index is 2.06. The van der Waals surface area contributed by atoms with E-state index in [0.29, 0.717) is 24.8 Å². The number of hydrogen-bond donors (Lipinski definition) is 0. The van der Waals surface area contributed by atoms with E-state index in [1.165, 1.54) is 0 Å². The van der Waals surface area contributed by atoms with Gasteiger partial charge in [0.05, 0.1) is 0 Å². The van der Waals surface area contributed by atoms with Crippen molar-refractivity contribution in [1.29, 1.82) is 0 Å². The number of ether oxygens (including phenoxy) is 2. The Labute approximate surface area is 119 Å². The third-order valence-electron chi connectivity index (χ3n) is 2.64. The summed E-state index contributed by atoms with van der Waals surface area (Å²) < 4.78 is 16.4. The zero-order valence-corrected chi connectivity index (χ0v) is 11.8. The van der Waals surface area contributed by atoms with Gasteiger partial charge in [-0.25, -0.2) is 4.98 Å². The highest BCUT2D eigenvalue weighted by atomic mass is 16.7. The van der Waals surface area contributed by atoms with Crippen LogP contribution in [0.5, 0.6) is 0 Å². The fraction of sp³-hybridized carbons (Fsp3) is 0.312. The molecule has 2 aromatic rings. The molecule has 1 aromatic carbocycles. The molecule has 20 heavy (non-hydrogen) atoms. The molecule has 1 aromatic heterocycles. The van der Waals surface area contributed by atoms with Crippen molar-refractivity contribution in [2.45, 2.75) is 20.1 Å². The number of aromatic nitrogens is 1. The molecule has 0 amide bonds. The van der Waals surface area contributed by atoms with Crippen molar-refractivity contribution in [3.05, 3.63) is 53.7 Å². The van der Waals surface area contributed by atoms with Crippen molar-refractivity contribution in [2.24, 2.45) is 0 Å². The van der Waals surface area contributed by atoms with Crippen LogP contribution in [0.4, 0.5) is 0 Å². The van der Waals surface area contributed by atoms with Crippen LogP contribution in [-0.4, -0.2) is 18.2 Å². The normalized spacial score (nSPS) is 11.6. The van der Waals surface area contributed by atoms with Crippen molar-refractivity contribution < 1.29 is 13.9 Å². The molecule has 4 heteroatoms. The molecule has 0 aliphatic heterocycles. The van der Waals surface area contributed by atoms with E-state index >= 15 is 0 Å². The van der Waals surface area contributed by atoms with Crippen LogP contribution in [-0.2, 0) is 9.47 Å². The predicted molar refractivity (Wildman–Crippen MR) is 77.9 cm³/mol. The van der Waals surface area contributed by atoms with Crippen LogP contribution in [0.15, 0.2) is 41.0 Å². The standard InChI is InChI=1S/C16H19NO3/c1-3-18-16(19-4-2)14-12-20-15(17-14)11-10-13-8-6-5-7-9-13/h5-12,16H,3-4H2,1-2H3/b11-10+. The van der Waals surface area contributed by atoms with E-state index in [1.54, 1.807) is 6.26 Å². The minimum absolute atomic E-state index is 0.465. The average molecular weight is 273 g/mol.